The Hall–Kier alpha value is -4.03. The van der Waals surface area contributed by atoms with E-state index in [0.29, 0.717) is 0 Å². The summed E-state index contributed by atoms with van der Waals surface area (Å²) in [6, 6.07) is 13.4. The van der Waals surface area contributed by atoms with E-state index in [1.54, 1.807) is 12.1 Å². The Morgan fingerprint density at radius 2 is 1.77 bits per heavy atom. The zero-order valence-corrected chi connectivity index (χ0v) is 16.6. The van der Waals surface area contributed by atoms with Crippen molar-refractivity contribution in [3.63, 3.8) is 0 Å². The number of carbonyl (C=O) groups is 1. The predicted octanol–water partition coefficient (Wildman–Crippen LogP) is 1.10. The molecule has 0 fully saturated rings. The number of aromatic nitrogens is 1. The van der Waals surface area contributed by atoms with Crippen LogP contribution >= 0.6 is 11.3 Å². The van der Waals surface area contributed by atoms with Gasteiger partial charge in [0.05, 0.1) is 27.7 Å². The topological polar surface area (TPSA) is 115 Å². The molecule has 0 radical (unpaired) electrons. The first-order chi connectivity index (χ1) is 14.8. The summed E-state index contributed by atoms with van der Waals surface area (Å²) in [5, 5.41) is 9.73. The molecule has 3 aromatic rings. The lowest BCUT2D eigenvalue weighted by Crippen LogP contribution is -2.41. The van der Waals surface area contributed by atoms with Crippen molar-refractivity contribution >= 4 is 34.7 Å². The number of thiazole rings is 1. The highest BCUT2D eigenvalue weighted by Crippen LogP contribution is 2.36. The fraction of sp³-hybridized carbons (Fsp3) is 0.0455. The molecule has 1 amide bonds. The Kier molecular flexibility index (Phi) is 5.01. The summed E-state index contributed by atoms with van der Waals surface area (Å²) in [6.45, 7) is 0. The summed E-state index contributed by atoms with van der Waals surface area (Å²) in [5.74, 6) is -3.53. The molecule has 2 aromatic carbocycles. The molecule has 0 saturated heterocycles. The highest BCUT2D eigenvalue weighted by atomic mass is 32.1. The SMILES string of the molecule is N#CC1=C(N)n2c(s/c(=C\c3ccccc3F)c2=O)=C(C(N)=O)C1c1ccccc1F. The molecule has 1 unspecified atom stereocenters. The molecule has 1 aromatic heterocycles. The molecular weight excluding hydrogens is 422 g/mol. The van der Waals surface area contributed by atoms with E-state index in [0.717, 1.165) is 15.9 Å². The van der Waals surface area contributed by atoms with Crippen LogP contribution in [0.2, 0.25) is 0 Å². The Morgan fingerprint density at radius 3 is 2.39 bits per heavy atom. The Balaban J connectivity index is 2.13. The summed E-state index contributed by atoms with van der Waals surface area (Å²) in [5.41, 5.74) is 11.0. The summed E-state index contributed by atoms with van der Waals surface area (Å²) in [4.78, 5) is 25.5. The average Bonchev–Trinajstić information content (AvgIpc) is 3.05. The Bertz CT molecular complexity index is 1490. The van der Waals surface area contributed by atoms with Gasteiger partial charge in [-0.3, -0.25) is 14.2 Å². The first kappa shape index (κ1) is 20.3. The molecule has 1 atom stereocenters. The third kappa shape index (κ3) is 3.23. The molecule has 2 heterocycles. The van der Waals surface area contributed by atoms with Gasteiger partial charge in [0.15, 0.2) is 0 Å². The van der Waals surface area contributed by atoms with Gasteiger partial charge in [0.1, 0.15) is 22.1 Å². The van der Waals surface area contributed by atoms with Gasteiger partial charge in [0.2, 0.25) is 5.91 Å². The van der Waals surface area contributed by atoms with E-state index in [9.17, 15) is 23.6 Å². The minimum atomic E-state index is -1.18. The quantitative estimate of drug-likeness (QED) is 0.640. The van der Waals surface area contributed by atoms with Crippen LogP contribution in [0.3, 0.4) is 0 Å². The molecule has 4 rings (SSSR count). The van der Waals surface area contributed by atoms with Crippen molar-refractivity contribution in [2.75, 3.05) is 0 Å². The number of hydrogen-bond acceptors (Lipinski definition) is 5. The van der Waals surface area contributed by atoms with Gasteiger partial charge in [-0.15, -0.1) is 11.3 Å². The van der Waals surface area contributed by atoms with Crippen LogP contribution in [-0.4, -0.2) is 10.5 Å². The monoisotopic (exact) mass is 436 g/mol. The summed E-state index contributed by atoms with van der Waals surface area (Å²) in [6.07, 6.45) is 1.32. The highest BCUT2D eigenvalue weighted by molar-refractivity contribution is 7.07. The van der Waals surface area contributed by atoms with Crippen molar-refractivity contribution in [2.45, 2.75) is 5.92 Å². The lowest BCUT2D eigenvalue weighted by Gasteiger charge is -2.24. The van der Waals surface area contributed by atoms with Crippen molar-refractivity contribution in [3.05, 3.63) is 96.4 Å². The number of hydrogen-bond donors (Lipinski definition) is 2. The Morgan fingerprint density at radius 1 is 1.13 bits per heavy atom. The lowest BCUT2D eigenvalue weighted by atomic mass is 9.83. The molecule has 0 aliphatic carbocycles. The lowest BCUT2D eigenvalue weighted by molar-refractivity contribution is -0.113. The fourth-order valence-corrected chi connectivity index (χ4v) is 4.71. The van der Waals surface area contributed by atoms with Gasteiger partial charge in [-0.2, -0.15) is 5.26 Å². The van der Waals surface area contributed by atoms with Crippen LogP contribution in [0.5, 0.6) is 0 Å². The number of fused-ring (bicyclic) bond motifs is 1. The van der Waals surface area contributed by atoms with Gasteiger partial charge in [0.25, 0.3) is 5.56 Å². The molecule has 6 nitrogen and oxygen atoms in total. The van der Waals surface area contributed by atoms with Gasteiger partial charge in [-0.25, -0.2) is 8.78 Å². The van der Waals surface area contributed by atoms with Crippen molar-refractivity contribution in [1.29, 1.82) is 5.26 Å². The van der Waals surface area contributed by atoms with E-state index in [1.165, 1.54) is 42.5 Å². The van der Waals surface area contributed by atoms with E-state index >= 15 is 0 Å². The number of amides is 1. The molecule has 154 valence electrons. The van der Waals surface area contributed by atoms with Crippen LogP contribution in [0.25, 0.3) is 17.5 Å². The van der Waals surface area contributed by atoms with Crippen molar-refractivity contribution in [2.24, 2.45) is 11.5 Å². The van der Waals surface area contributed by atoms with Gasteiger partial charge >= 0.3 is 0 Å². The van der Waals surface area contributed by atoms with Crippen LogP contribution < -0.4 is 26.2 Å². The summed E-state index contributed by atoms with van der Waals surface area (Å²) < 4.78 is 29.8. The van der Waals surface area contributed by atoms with Crippen molar-refractivity contribution in [3.8, 4) is 6.07 Å². The third-order valence-electron chi connectivity index (χ3n) is 4.94. The number of carbonyl (C=O) groups excluding carboxylic acids is 1. The number of halogens is 2. The fourth-order valence-electron chi connectivity index (χ4n) is 3.54. The number of allylic oxidation sites excluding steroid dienone is 1. The first-order valence-electron chi connectivity index (χ1n) is 9.01. The standard InChI is InChI=1S/C22H14F2N4O2S/c23-14-7-3-1-5-11(14)9-16-21(30)28-19(26)13(10-25)17(12-6-2-4-8-15(12)24)18(20(27)29)22(28)31-16/h1-9,17H,26H2,(H2,27,29)/b16-9-. The van der Waals surface area contributed by atoms with E-state index in [1.807, 2.05) is 6.07 Å². The largest absolute Gasteiger partial charge is 0.384 e. The second-order valence-corrected chi connectivity index (χ2v) is 7.75. The normalized spacial score (nSPS) is 16.2. The van der Waals surface area contributed by atoms with Gasteiger partial charge < -0.3 is 11.5 Å². The number of nitrogens with two attached hydrogens (primary N) is 2. The van der Waals surface area contributed by atoms with Crippen LogP contribution in [0.1, 0.15) is 17.0 Å². The molecule has 4 N–H and O–H groups in total. The molecular formula is C22H14F2N4O2S. The van der Waals surface area contributed by atoms with Crippen LogP contribution in [-0.2, 0) is 4.79 Å². The maximum atomic E-state index is 14.6. The summed E-state index contributed by atoms with van der Waals surface area (Å²) >= 11 is 0.867. The third-order valence-corrected chi connectivity index (χ3v) is 6.05. The van der Waals surface area contributed by atoms with Crippen LogP contribution in [0.4, 0.5) is 8.78 Å². The molecule has 0 saturated carbocycles. The van der Waals surface area contributed by atoms with E-state index in [2.05, 4.69) is 0 Å². The second kappa shape index (κ2) is 7.66. The predicted molar refractivity (Wildman–Crippen MR) is 113 cm³/mol. The maximum absolute atomic E-state index is 14.6. The molecule has 0 spiro atoms. The number of nitrogens with zero attached hydrogens (tertiary/aromatic N) is 2. The van der Waals surface area contributed by atoms with E-state index in [-0.39, 0.29) is 37.3 Å². The molecule has 31 heavy (non-hydrogen) atoms. The second-order valence-electron chi connectivity index (χ2n) is 6.72. The van der Waals surface area contributed by atoms with Crippen LogP contribution in [0.15, 0.2) is 58.9 Å². The number of nitriles is 1. The molecule has 1 aliphatic rings. The van der Waals surface area contributed by atoms with Gasteiger partial charge in [-0.05, 0) is 18.2 Å². The first-order valence-corrected chi connectivity index (χ1v) is 9.83. The van der Waals surface area contributed by atoms with Crippen LogP contribution in [0, 0.1) is 23.0 Å². The number of primary amides is 1. The highest BCUT2D eigenvalue weighted by Gasteiger charge is 2.35. The zero-order valence-electron chi connectivity index (χ0n) is 15.8. The number of benzene rings is 2. The van der Waals surface area contributed by atoms with Gasteiger partial charge in [-0.1, -0.05) is 36.4 Å². The molecule has 9 heteroatoms. The molecule has 0 bridgehead atoms. The van der Waals surface area contributed by atoms with Crippen molar-refractivity contribution < 1.29 is 13.6 Å². The maximum Gasteiger partial charge on any atom is 0.274 e. The number of rotatable bonds is 3. The van der Waals surface area contributed by atoms with Crippen molar-refractivity contribution in [1.82, 2.24) is 4.57 Å². The molecule has 1 aliphatic heterocycles. The average molecular weight is 436 g/mol. The Labute approximate surface area is 178 Å². The smallest absolute Gasteiger partial charge is 0.274 e. The minimum absolute atomic E-state index is 0.0301. The van der Waals surface area contributed by atoms with Gasteiger partial charge in [0, 0.05) is 11.1 Å². The zero-order chi connectivity index (χ0) is 22.3. The minimum Gasteiger partial charge on any atom is -0.384 e. The summed E-state index contributed by atoms with van der Waals surface area (Å²) in [7, 11) is 0. The van der Waals surface area contributed by atoms with E-state index in [4.69, 9.17) is 11.5 Å². The van der Waals surface area contributed by atoms with E-state index < -0.39 is 29.0 Å².